The summed E-state index contributed by atoms with van der Waals surface area (Å²) in [6.07, 6.45) is 1.51. The van der Waals surface area contributed by atoms with Gasteiger partial charge in [0.1, 0.15) is 25.4 Å². The minimum absolute atomic E-state index is 0.101. The second-order valence-corrected chi connectivity index (χ2v) is 5.43. The number of ether oxygens (including phenoxy) is 2. The maximum atomic E-state index is 5.61. The zero-order valence-electron chi connectivity index (χ0n) is 11.0. The molecule has 0 radical (unpaired) electrons. The Kier molecular flexibility index (Phi) is 3.88. The van der Waals surface area contributed by atoms with E-state index in [2.05, 4.69) is 36.4 Å². The number of halogens is 1. The Morgan fingerprint density at radius 1 is 1.40 bits per heavy atom. The van der Waals surface area contributed by atoms with E-state index in [1.165, 1.54) is 6.33 Å². The highest BCUT2D eigenvalue weighted by Crippen LogP contribution is 2.38. The first-order valence-electron chi connectivity index (χ1n) is 6.40. The lowest BCUT2D eigenvalue weighted by Crippen LogP contribution is -2.20. The molecule has 0 saturated carbocycles. The molecule has 2 heterocycles. The maximum Gasteiger partial charge on any atom is 0.175 e. The average Bonchev–Trinajstić information content (AvgIpc) is 2.99. The van der Waals surface area contributed by atoms with Gasteiger partial charge in [0.2, 0.25) is 0 Å². The van der Waals surface area contributed by atoms with Crippen molar-refractivity contribution in [1.29, 1.82) is 0 Å². The van der Waals surface area contributed by atoms with Crippen molar-refractivity contribution in [3.63, 3.8) is 0 Å². The number of rotatable bonds is 4. The molecular formula is C13H15BrN4O2. The first-order chi connectivity index (χ1) is 9.74. The van der Waals surface area contributed by atoms with Crippen molar-refractivity contribution in [3.05, 3.63) is 34.3 Å². The summed E-state index contributed by atoms with van der Waals surface area (Å²) in [6, 6.07) is 4.14. The van der Waals surface area contributed by atoms with Crippen LogP contribution >= 0.6 is 15.9 Å². The third kappa shape index (κ3) is 2.78. The number of nitrogens with zero attached hydrogens (tertiary/aromatic N) is 2. The molecule has 0 amide bonds. The number of fused-ring (bicyclic) bond motifs is 1. The molecule has 1 aromatic carbocycles. The molecular weight excluding hydrogens is 324 g/mol. The van der Waals surface area contributed by atoms with Crippen LogP contribution in [0.4, 0.5) is 0 Å². The minimum Gasteiger partial charge on any atom is -0.486 e. The van der Waals surface area contributed by atoms with Crippen molar-refractivity contribution in [2.24, 2.45) is 0 Å². The molecule has 2 aromatic rings. The zero-order valence-corrected chi connectivity index (χ0v) is 12.6. The van der Waals surface area contributed by atoms with E-state index in [0.29, 0.717) is 19.8 Å². The van der Waals surface area contributed by atoms with Crippen LogP contribution in [0, 0.1) is 0 Å². The minimum atomic E-state index is 0.101. The molecule has 1 aromatic heterocycles. The summed E-state index contributed by atoms with van der Waals surface area (Å²) >= 11 is 3.52. The monoisotopic (exact) mass is 338 g/mol. The van der Waals surface area contributed by atoms with E-state index < -0.39 is 0 Å². The topological polar surface area (TPSA) is 72.1 Å². The molecule has 7 heteroatoms. The van der Waals surface area contributed by atoms with E-state index in [-0.39, 0.29) is 6.04 Å². The number of aromatic amines is 1. The maximum absolute atomic E-state index is 5.61. The lowest BCUT2D eigenvalue weighted by Gasteiger charge is -2.21. The molecule has 0 bridgehead atoms. The van der Waals surface area contributed by atoms with E-state index in [0.717, 1.165) is 27.4 Å². The lowest BCUT2D eigenvalue weighted by molar-refractivity contribution is 0.170. The summed E-state index contributed by atoms with van der Waals surface area (Å²) in [6.45, 7) is 3.92. The fourth-order valence-electron chi connectivity index (χ4n) is 2.06. The molecule has 20 heavy (non-hydrogen) atoms. The molecule has 1 aliphatic heterocycles. The van der Waals surface area contributed by atoms with Crippen LogP contribution in [0.3, 0.4) is 0 Å². The highest BCUT2D eigenvalue weighted by Gasteiger charge is 2.16. The van der Waals surface area contributed by atoms with Gasteiger partial charge < -0.3 is 14.8 Å². The first kappa shape index (κ1) is 13.4. The molecule has 1 unspecified atom stereocenters. The Labute approximate surface area is 125 Å². The number of hydrogen-bond acceptors (Lipinski definition) is 5. The van der Waals surface area contributed by atoms with Crippen molar-refractivity contribution in [2.45, 2.75) is 19.5 Å². The number of hydrogen-bond donors (Lipinski definition) is 2. The number of aromatic nitrogens is 3. The number of benzene rings is 1. The van der Waals surface area contributed by atoms with E-state index in [4.69, 9.17) is 9.47 Å². The van der Waals surface area contributed by atoms with Gasteiger partial charge in [0.15, 0.2) is 11.5 Å². The van der Waals surface area contributed by atoms with Crippen LogP contribution < -0.4 is 14.8 Å². The normalized spacial score (nSPS) is 15.1. The summed E-state index contributed by atoms with van der Waals surface area (Å²) < 4.78 is 12.1. The smallest absolute Gasteiger partial charge is 0.175 e. The first-order valence-corrected chi connectivity index (χ1v) is 7.20. The average molecular weight is 339 g/mol. The standard InChI is InChI=1S/C13H15BrN4O2/c1-8(13-16-7-17-18-13)15-6-9-4-10(14)12-11(5-9)19-2-3-20-12/h4-5,7-8,15H,2-3,6H2,1H3,(H,16,17,18). The Hall–Kier alpha value is -1.60. The largest absolute Gasteiger partial charge is 0.486 e. The molecule has 0 spiro atoms. The molecule has 0 aliphatic carbocycles. The van der Waals surface area contributed by atoms with E-state index >= 15 is 0 Å². The van der Waals surface area contributed by atoms with Crippen LogP contribution in [0.5, 0.6) is 11.5 Å². The van der Waals surface area contributed by atoms with Crippen molar-refractivity contribution >= 4 is 15.9 Å². The molecule has 1 atom stereocenters. The fraction of sp³-hybridized carbons (Fsp3) is 0.385. The molecule has 0 fully saturated rings. The van der Waals surface area contributed by atoms with Crippen molar-refractivity contribution in [3.8, 4) is 11.5 Å². The third-order valence-corrected chi connectivity index (χ3v) is 3.70. The van der Waals surface area contributed by atoms with Gasteiger partial charge in [-0.3, -0.25) is 5.10 Å². The molecule has 6 nitrogen and oxygen atoms in total. The predicted octanol–water partition coefficient (Wildman–Crippen LogP) is 2.19. The van der Waals surface area contributed by atoms with E-state index in [9.17, 15) is 0 Å². The van der Waals surface area contributed by atoms with Crippen LogP contribution in [0.25, 0.3) is 0 Å². The van der Waals surface area contributed by atoms with Crippen molar-refractivity contribution < 1.29 is 9.47 Å². The Morgan fingerprint density at radius 3 is 3.05 bits per heavy atom. The highest BCUT2D eigenvalue weighted by molar-refractivity contribution is 9.10. The van der Waals surface area contributed by atoms with Gasteiger partial charge in [-0.1, -0.05) is 0 Å². The predicted molar refractivity (Wildman–Crippen MR) is 76.8 cm³/mol. The lowest BCUT2D eigenvalue weighted by atomic mass is 10.2. The Balaban J connectivity index is 1.70. The van der Waals surface area contributed by atoms with Gasteiger partial charge in [0.25, 0.3) is 0 Å². The molecule has 3 rings (SSSR count). The molecule has 106 valence electrons. The van der Waals surface area contributed by atoms with Crippen LogP contribution in [-0.4, -0.2) is 28.4 Å². The quantitative estimate of drug-likeness (QED) is 0.893. The summed E-state index contributed by atoms with van der Waals surface area (Å²) in [5, 5.41) is 10.1. The van der Waals surface area contributed by atoms with Crippen molar-refractivity contribution in [2.75, 3.05) is 13.2 Å². The fourth-order valence-corrected chi connectivity index (χ4v) is 2.66. The van der Waals surface area contributed by atoms with Crippen LogP contribution in [0.2, 0.25) is 0 Å². The third-order valence-electron chi connectivity index (χ3n) is 3.11. The second-order valence-electron chi connectivity index (χ2n) is 4.58. The molecule has 1 aliphatic rings. The molecule has 0 saturated heterocycles. The van der Waals surface area contributed by atoms with Gasteiger partial charge in [-0.25, -0.2) is 4.98 Å². The van der Waals surface area contributed by atoms with Crippen LogP contribution in [-0.2, 0) is 6.54 Å². The summed E-state index contributed by atoms with van der Waals surface area (Å²) in [4.78, 5) is 4.13. The number of nitrogens with one attached hydrogen (secondary N) is 2. The van der Waals surface area contributed by atoms with Crippen LogP contribution in [0.1, 0.15) is 24.4 Å². The SMILES string of the molecule is CC(NCc1cc(Br)c2c(c1)OCCO2)c1ncn[nH]1. The highest BCUT2D eigenvalue weighted by atomic mass is 79.9. The Bertz CT molecular complexity index is 588. The number of H-pyrrole nitrogens is 1. The van der Waals surface area contributed by atoms with E-state index in [1.54, 1.807) is 0 Å². The molecule has 2 N–H and O–H groups in total. The second kappa shape index (κ2) is 5.80. The van der Waals surface area contributed by atoms with Crippen LogP contribution in [0.15, 0.2) is 22.9 Å². The Morgan fingerprint density at radius 2 is 2.25 bits per heavy atom. The van der Waals surface area contributed by atoms with Crippen molar-refractivity contribution in [1.82, 2.24) is 20.5 Å². The van der Waals surface area contributed by atoms with Gasteiger partial charge >= 0.3 is 0 Å². The van der Waals surface area contributed by atoms with Gasteiger partial charge in [-0.15, -0.1) is 0 Å². The van der Waals surface area contributed by atoms with Gasteiger partial charge in [0, 0.05) is 6.54 Å². The van der Waals surface area contributed by atoms with Gasteiger partial charge in [-0.2, -0.15) is 5.10 Å². The zero-order chi connectivity index (χ0) is 13.9. The van der Waals surface area contributed by atoms with Gasteiger partial charge in [-0.05, 0) is 40.5 Å². The van der Waals surface area contributed by atoms with E-state index in [1.807, 2.05) is 19.1 Å². The summed E-state index contributed by atoms with van der Waals surface area (Å²) in [5.74, 6) is 2.39. The summed E-state index contributed by atoms with van der Waals surface area (Å²) in [5.41, 5.74) is 1.12. The van der Waals surface area contributed by atoms with Gasteiger partial charge in [0.05, 0.1) is 10.5 Å². The summed E-state index contributed by atoms with van der Waals surface area (Å²) in [7, 11) is 0.